The number of hydrogen-bond donors (Lipinski definition) is 0. The first-order chi connectivity index (χ1) is 7.45. The van der Waals surface area contributed by atoms with Gasteiger partial charge in [-0.15, -0.1) is 0 Å². The Morgan fingerprint density at radius 3 is 2.50 bits per heavy atom. The van der Waals surface area contributed by atoms with Gasteiger partial charge in [-0.1, -0.05) is 50.1 Å². The van der Waals surface area contributed by atoms with Gasteiger partial charge in [0.2, 0.25) is 0 Å². The molecule has 0 nitrogen and oxygen atoms in total. The van der Waals surface area contributed by atoms with Gasteiger partial charge in [-0.3, -0.25) is 0 Å². The summed E-state index contributed by atoms with van der Waals surface area (Å²) in [4.78, 5) is 0. The van der Waals surface area contributed by atoms with Gasteiger partial charge in [0, 0.05) is 0 Å². The number of hydrogen-bond acceptors (Lipinski definition) is 0. The highest BCUT2D eigenvalue weighted by molar-refractivity contribution is 5.74. The van der Waals surface area contributed by atoms with E-state index in [1.54, 1.807) is 11.1 Å². The largest absolute Gasteiger partial charge is 0.0687 e. The Morgan fingerprint density at radius 2 is 1.88 bits per heavy atom. The molecule has 0 heteroatoms. The monoisotopic (exact) mass is 214 g/mol. The standard InChI is InChI=1S/C16H22/c1-6-13-12(3)10-16(4,5)15-8-7-11(2)9-14(13)15/h7-9H,6,10H2,1-5H3. The van der Waals surface area contributed by atoms with E-state index in [0.29, 0.717) is 5.41 Å². The molecule has 0 saturated carbocycles. The first-order valence-corrected chi connectivity index (χ1v) is 6.26. The normalized spacial score (nSPS) is 18.6. The molecule has 1 aliphatic carbocycles. The number of allylic oxidation sites excluding steroid dienone is 2. The van der Waals surface area contributed by atoms with Crippen LogP contribution in [-0.4, -0.2) is 0 Å². The Labute approximate surface area is 99.4 Å². The van der Waals surface area contributed by atoms with Gasteiger partial charge in [-0.2, -0.15) is 0 Å². The van der Waals surface area contributed by atoms with Crippen LogP contribution in [0.1, 0.15) is 57.2 Å². The summed E-state index contributed by atoms with van der Waals surface area (Å²) < 4.78 is 0. The fourth-order valence-electron chi connectivity index (χ4n) is 3.08. The van der Waals surface area contributed by atoms with Crippen LogP contribution in [0.25, 0.3) is 5.57 Å². The van der Waals surface area contributed by atoms with Crippen LogP contribution in [0.2, 0.25) is 0 Å². The number of benzene rings is 1. The second-order valence-corrected chi connectivity index (χ2v) is 5.72. The van der Waals surface area contributed by atoms with Crippen molar-refractivity contribution in [2.45, 2.75) is 52.9 Å². The third-order valence-electron chi connectivity index (χ3n) is 3.81. The highest BCUT2D eigenvalue weighted by atomic mass is 14.3. The topological polar surface area (TPSA) is 0 Å². The van der Waals surface area contributed by atoms with Gasteiger partial charge in [0.15, 0.2) is 0 Å². The third-order valence-corrected chi connectivity index (χ3v) is 3.81. The summed E-state index contributed by atoms with van der Waals surface area (Å²) in [5.74, 6) is 0. The maximum absolute atomic E-state index is 2.36. The lowest BCUT2D eigenvalue weighted by Crippen LogP contribution is -2.23. The molecule has 0 radical (unpaired) electrons. The maximum atomic E-state index is 2.36. The molecular weight excluding hydrogens is 192 g/mol. The van der Waals surface area contributed by atoms with Crippen LogP contribution in [0.5, 0.6) is 0 Å². The zero-order valence-electron chi connectivity index (χ0n) is 11.1. The van der Waals surface area contributed by atoms with E-state index in [4.69, 9.17) is 0 Å². The average Bonchev–Trinajstić information content (AvgIpc) is 2.16. The fourth-order valence-corrected chi connectivity index (χ4v) is 3.08. The lowest BCUT2D eigenvalue weighted by Gasteiger charge is -2.35. The molecule has 0 heterocycles. The zero-order valence-corrected chi connectivity index (χ0v) is 11.1. The molecule has 16 heavy (non-hydrogen) atoms. The minimum atomic E-state index is 0.297. The van der Waals surface area contributed by atoms with Crippen LogP contribution in [0, 0.1) is 6.92 Å². The summed E-state index contributed by atoms with van der Waals surface area (Å²) in [5, 5.41) is 0. The molecule has 1 aromatic rings. The summed E-state index contributed by atoms with van der Waals surface area (Å²) in [5.41, 5.74) is 7.84. The van der Waals surface area contributed by atoms with Crippen LogP contribution in [-0.2, 0) is 5.41 Å². The molecule has 2 rings (SSSR count). The van der Waals surface area contributed by atoms with Gasteiger partial charge < -0.3 is 0 Å². The molecule has 0 saturated heterocycles. The van der Waals surface area contributed by atoms with Crippen molar-refractivity contribution in [1.82, 2.24) is 0 Å². The minimum absolute atomic E-state index is 0.297. The Balaban J connectivity index is 2.69. The second kappa shape index (κ2) is 3.76. The molecule has 0 N–H and O–H groups in total. The molecule has 0 atom stereocenters. The van der Waals surface area contributed by atoms with Crippen LogP contribution in [0.15, 0.2) is 23.8 Å². The van der Waals surface area contributed by atoms with Gasteiger partial charge in [-0.25, -0.2) is 0 Å². The van der Waals surface area contributed by atoms with Crippen LogP contribution in [0.3, 0.4) is 0 Å². The average molecular weight is 214 g/mol. The van der Waals surface area contributed by atoms with E-state index < -0.39 is 0 Å². The predicted octanol–water partition coefficient (Wildman–Crippen LogP) is 4.86. The van der Waals surface area contributed by atoms with E-state index in [9.17, 15) is 0 Å². The van der Waals surface area contributed by atoms with E-state index >= 15 is 0 Å². The molecular formula is C16H22. The summed E-state index contributed by atoms with van der Waals surface area (Å²) in [6.45, 7) is 11.5. The van der Waals surface area contributed by atoms with E-state index in [0.717, 1.165) is 6.42 Å². The summed E-state index contributed by atoms with van der Waals surface area (Å²) in [6.07, 6.45) is 2.35. The van der Waals surface area contributed by atoms with Crippen molar-refractivity contribution in [1.29, 1.82) is 0 Å². The van der Waals surface area contributed by atoms with Gasteiger partial charge in [0.25, 0.3) is 0 Å². The zero-order chi connectivity index (χ0) is 11.9. The predicted molar refractivity (Wildman–Crippen MR) is 71.7 cm³/mol. The summed E-state index contributed by atoms with van der Waals surface area (Å²) in [7, 11) is 0. The maximum Gasteiger partial charge on any atom is -0.00603 e. The van der Waals surface area contributed by atoms with Crippen molar-refractivity contribution in [3.05, 3.63) is 40.5 Å². The van der Waals surface area contributed by atoms with Crippen molar-refractivity contribution >= 4 is 5.57 Å². The number of aryl methyl sites for hydroxylation is 1. The molecule has 1 aromatic carbocycles. The Hall–Kier alpha value is -1.04. The molecule has 0 aliphatic heterocycles. The van der Waals surface area contributed by atoms with Crippen LogP contribution in [0.4, 0.5) is 0 Å². The molecule has 0 amide bonds. The van der Waals surface area contributed by atoms with E-state index in [1.807, 2.05) is 0 Å². The molecule has 0 bridgehead atoms. The highest BCUT2D eigenvalue weighted by Crippen LogP contribution is 2.43. The second-order valence-electron chi connectivity index (χ2n) is 5.72. The number of fused-ring (bicyclic) bond motifs is 1. The lowest BCUT2D eigenvalue weighted by molar-refractivity contribution is 0.510. The molecule has 0 spiro atoms. The number of rotatable bonds is 1. The van der Waals surface area contributed by atoms with Crippen molar-refractivity contribution in [3.63, 3.8) is 0 Å². The molecule has 86 valence electrons. The van der Waals surface area contributed by atoms with Gasteiger partial charge >= 0.3 is 0 Å². The summed E-state index contributed by atoms with van der Waals surface area (Å²) >= 11 is 0. The van der Waals surface area contributed by atoms with Gasteiger partial charge in [-0.05, 0) is 48.8 Å². The Morgan fingerprint density at radius 1 is 1.19 bits per heavy atom. The quantitative estimate of drug-likeness (QED) is 0.626. The van der Waals surface area contributed by atoms with Crippen molar-refractivity contribution in [2.75, 3.05) is 0 Å². The molecule has 1 aliphatic rings. The van der Waals surface area contributed by atoms with Crippen molar-refractivity contribution < 1.29 is 0 Å². The Bertz CT molecular complexity index is 447. The Kier molecular flexibility index (Phi) is 2.69. The van der Waals surface area contributed by atoms with Crippen molar-refractivity contribution in [3.8, 4) is 0 Å². The lowest BCUT2D eigenvalue weighted by atomic mass is 9.70. The highest BCUT2D eigenvalue weighted by Gasteiger charge is 2.29. The fraction of sp³-hybridized carbons (Fsp3) is 0.500. The van der Waals surface area contributed by atoms with E-state index in [-0.39, 0.29) is 0 Å². The van der Waals surface area contributed by atoms with E-state index in [2.05, 4.69) is 52.8 Å². The summed E-state index contributed by atoms with van der Waals surface area (Å²) in [6, 6.07) is 6.93. The van der Waals surface area contributed by atoms with Crippen molar-refractivity contribution in [2.24, 2.45) is 0 Å². The molecule has 0 fully saturated rings. The molecule has 0 unspecified atom stereocenters. The van der Waals surface area contributed by atoms with Gasteiger partial charge in [0.1, 0.15) is 0 Å². The van der Waals surface area contributed by atoms with E-state index in [1.165, 1.54) is 23.1 Å². The first-order valence-electron chi connectivity index (χ1n) is 6.26. The van der Waals surface area contributed by atoms with Crippen LogP contribution < -0.4 is 0 Å². The third kappa shape index (κ3) is 1.71. The van der Waals surface area contributed by atoms with Crippen LogP contribution >= 0.6 is 0 Å². The molecule has 0 aromatic heterocycles. The first kappa shape index (κ1) is 11.4. The minimum Gasteiger partial charge on any atom is -0.0687 e. The smallest absolute Gasteiger partial charge is 0.00603 e. The van der Waals surface area contributed by atoms with Gasteiger partial charge in [0.05, 0.1) is 0 Å². The SMILES string of the molecule is CCC1=C(C)CC(C)(C)c2ccc(C)cc21.